The van der Waals surface area contributed by atoms with E-state index in [0.717, 1.165) is 0 Å². The highest BCUT2D eigenvalue weighted by Gasteiger charge is 2.30. The average Bonchev–Trinajstić information content (AvgIpc) is 2.56. The topological polar surface area (TPSA) is 53.5 Å². The highest BCUT2D eigenvalue weighted by Crippen LogP contribution is 2.15. The first-order valence-corrected chi connectivity index (χ1v) is 8.00. The maximum Gasteiger partial charge on any atom is 0.254 e. The van der Waals surface area contributed by atoms with Gasteiger partial charge in [0.05, 0.1) is 0 Å². The summed E-state index contributed by atoms with van der Waals surface area (Å²) in [4.78, 5) is 32.0. The van der Waals surface area contributed by atoms with E-state index < -0.39 is 0 Å². The molecular weight excluding hydrogens is 278 g/mol. The summed E-state index contributed by atoms with van der Waals surface area (Å²) in [6.45, 7) is 11.6. The van der Waals surface area contributed by atoms with Gasteiger partial charge in [-0.3, -0.25) is 14.6 Å². The fourth-order valence-corrected chi connectivity index (χ4v) is 2.48. The molecule has 0 aliphatic carbocycles. The molecule has 1 saturated heterocycles. The molecule has 5 nitrogen and oxygen atoms in total. The number of amides is 2. The highest BCUT2D eigenvalue weighted by atomic mass is 16.2. The average molecular weight is 305 g/mol. The van der Waals surface area contributed by atoms with Gasteiger partial charge >= 0.3 is 0 Å². The Hall–Kier alpha value is -1.91. The summed E-state index contributed by atoms with van der Waals surface area (Å²) in [6, 6.07) is 3.48. The summed E-state index contributed by atoms with van der Waals surface area (Å²) >= 11 is 0. The fraction of sp³-hybridized carbons (Fsp3) is 0.588. The van der Waals surface area contributed by atoms with Crippen LogP contribution in [0.2, 0.25) is 0 Å². The van der Waals surface area contributed by atoms with Crippen molar-refractivity contribution in [2.45, 2.75) is 40.7 Å². The lowest BCUT2D eigenvalue weighted by Crippen LogP contribution is -2.56. The number of carbonyl (C=O) groups is 2. The van der Waals surface area contributed by atoms with Crippen LogP contribution in [0.5, 0.6) is 0 Å². The van der Waals surface area contributed by atoms with Crippen molar-refractivity contribution in [3.05, 3.63) is 30.1 Å². The van der Waals surface area contributed by atoms with Gasteiger partial charge in [-0.1, -0.05) is 27.7 Å². The minimum Gasteiger partial charge on any atom is -0.339 e. The molecule has 1 aliphatic heterocycles. The zero-order chi connectivity index (χ0) is 16.7. The van der Waals surface area contributed by atoms with Gasteiger partial charge in [0.15, 0.2) is 0 Å². The van der Waals surface area contributed by atoms with E-state index in [2.05, 4.69) is 4.98 Å². The van der Waals surface area contributed by atoms with Crippen molar-refractivity contribution in [2.24, 2.45) is 5.92 Å². The van der Waals surface area contributed by atoms with Crippen LogP contribution >= 0.6 is 0 Å². The number of pyridine rings is 1. The van der Waals surface area contributed by atoms with Crippen LogP contribution in [-0.2, 0) is 4.79 Å². The number of hydrogen-bond donors (Lipinski definition) is 0. The molecule has 1 aliphatic rings. The van der Waals surface area contributed by atoms with E-state index in [0.29, 0.717) is 25.2 Å². The van der Waals surface area contributed by atoms with Crippen molar-refractivity contribution >= 4 is 11.8 Å². The number of aromatic nitrogens is 1. The van der Waals surface area contributed by atoms with Gasteiger partial charge in [0, 0.05) is 49.6 Å². The molecule has 2 heterocycles. The second kappa shape index (κ2) is 8.51. The van der Waals surface area contributed by atoms with Crippen molar-refractivity contribution in [3.63, 3.8) is 0 Å². The third-order valence-electron chi connectivity index (χ3n) is 3.62. The Kier molecular flexibility index (Phi) is 7.02. The first-order chi connectivity index (χ1) is 10.5. The lowest BCUT2D eigenvalue weighted by atomic mass is 10.1. The number of carbonyl (C=O) groups excluding carboxylic acids is 2. The molecule has 0 radical (unpaired) electrons. The first kappa shape index (κ1) is 18.1. The van der Waals surface area contributed by atoms with Gasteiger partial charge in [-0.25, -0.2) is 0 Å². The lowest BCUT2D eigenvalue weighted by Gasteiger charge is -2.40. The van der Waals surface area contributed by atoms with Crippen LogP contribution in [0.15, 0.2) is 24.5 Å². The third kappa shape index (κ3) is 4.29. The van der Waals surface area contributed by atoms with Crippen LogP contribution in [0.4, 0.5) is 0 Å². The zero-order valence-corrected chi connectivity index (χ0v) is 14.2. The Morgan fingerprint density at radius 2 is 1.77 bits per heavy atom. The van der Waals surface area contributed by atoms with Gasteiger partial charge in [-0.15, -0.1) is 0 Å². The molecule has 1 atom stereocenters. The molecule has 5 heteroatoms. The second-order valence-corrected chi connectivity index (χ2v) is 5.52. The van der Waals surface area contributed by atoms with E-state index in [9.17, 15) is 9.59 Å². The summed E-state index contributed by atoms with van der Waals surface area (Å²) < 4.78 is 0. The molecule has 0 spiro atoms. The molecule has 1 fully saturated rings. The Labute approximate surface area is 133 Å². The predicted octanol–water partition coefficient (Wildman–Crippen LogP) is 2.44. The molecule has 0 bridgehead atoms. The van der Waals surface area contributed by atoms with Gasteiger partial charge in [0.25, 0.3) is 5.91 Å². The van der Waals surface area contributed by atoms with Crippen LogP contribution in [0.1, 0.15) is 45.0 Å². The molecule has 22 heavy (non-hydrogen) atoms. The molecule has 0 N–H and O–H groups in total. The Balaban J connectivity index is 0.00000116. The lowest BCUT2D eigenvalue weighted by molar-refractivity contribution is -0.136. The van der Waals surface area contributed by atoms with Gasteiger partial charge < -0.3 is 9.80 Å². The van der Waals surface area contributed by atoms with E-state index in [1.807, 2.05) is 44.4 Å². The third-order valence-corrected chi connectivity index (χ3v) is 3.62. The molecule has 0 aromatic carbocycles. The number of piperazine rings is 1. The first-order valence-electron chi connectivity index (χ1n) is 8.00. The summed E-state index contributed by atoms with van der Waals surface area (Å²) in [6.07, 6.45) is 3.24. The smallest absolute Gasteiger partial charge is 0.254 e. The summed E-state index contributed by atoms with van der Waals surface area (Å²) in [7, 11) is 0. The van der Waals surface area contributed by atoms with Gasteiger partial charge in [0.1, 0.15) is 0 Å². The number of rotatable bonds is 2. The standard InChI is InChI=1S/C15H21N3O2.C2H6/c1-11(2)14(19)17-8-9-18(12(3)10-17)15(20)13-4-6-16-7-5-13;1-2/h4-7,11-12H,8-10H2,1-3H3;1-2H3. The van der Waals surface area contributed by atoms with Gasteiger partial charge in [0.2, 0.25) is 5.91 Å². The number of nitrogens with zero attached hydrogens (tertiary/aromatic N) is 3. The van der Waals surface area contributed by atoms with E-state index >= 15 is 0 Å². The van der Waals surface area contributed by atoms with E-state index in [-0.39, 0.29) is 23.8 Å². The molecular formula is C17H27N3O2. The van der Waals surface area contributed by atoms with E-state index in [1.165, 1.54) is 0 Å². The molecule has 122 valence electrons. The number of hydrogen-bond acceptors (Lipinski definition) is 3. The molecule has 0 saturated carbocycles. The van der Waals surface area contributed by atoms with Gasteiger partial charge in [-0.05, 0) is 19.1 Å². The van der Waals surface area contributed by atoms with Crippen LogP contribution < -0.4 is 0 Å². The summed E-state index contributed by atoms with van der Waals surface area (Å²) in [5, 5.41) is 0. The SMILES string of the molecule is CC.CC(C)C(=O)N1CCN(C(=O)c2ccncc2)C(C)C1. The Bertz CT molecular complexity index is 488. The van der Waals surface area contributed by atoms with E-state index in [4.69, 9.17) is 0 Å². The largest absolute Gasteiger partial charge is 0.339 e. The maximum absolute atomic E-state index is 12.4. The maximum atomic E-state index is 12.4. The Morgan fingerprint density at radius 3 is 2.27 bits per heavy atom. The zero-order valence-electron chi connectivity index (χ0n) is 14.2. The predicted molar refractivity (Wildman–Crippen MR) is 87.5 cm³/mol. The van der Waals surface area contributed by atoms with Crippen LogP contribution in [0.25, 0.3) is 0 Å². The van der Waals surface area contributed by atoms with Crippen LogP contribution in [-0.4, -0.2) is 52.3 Å². The summed E-state index contributed by atoms with van der Waals surface area (Å²) in [5.74, 6) is 0.175. The minimum atomic E-state index is 0.00430. The van der Waals surface area contributed by atoms with Crippen molar-refractivity contribution in [1.29, 1.82) is 0 Å². The molecule has 1 unspecified atom stereocenters. The van der Waals surface area contributed by atoms with Gasteiger partial charge in [-0.2, -0.15) is 0 Å². The van der Waals surface area contributed by atoms with Crippen molar-refractivity contribution in [3.8, 4) is 0 Å². The van der Waals surface area contributed by atoms with Crippen LogP contribution in [0, 0.1) is 5.92 Å². The van der Waals surface area contributed by atoms with Crippen molar-refractivity contribution in [1.82, 2.24) is 14.8 Å². The molecule has 1 aromatic rings. The Morgan fingerprint density at radius 1 is 1.18 bits per heavy atom. The monoisotopic (exact) mass is 305 g/mol. The minimum absolute atomic E-state index is 0.00430. The van der Waals surface area contributed by atoms with Crippen molar-refractivity contribution in [2.75, 3.05) is 19.6 Å². The quantitative estimate of drug-likeness (QED) is 0.843. The molecule has 2 rings (SSSR count). The molecule has 2 amide bonds. The fourth-order valence-electron chi connectivity index (χ4n) is 2.48. The van der Waals surface area contributed by atoms with Crippen molar-refractivity contribution < 1.29 is 9.59 Å². The van der Waals surface area contributed by atoms with Crippen LogP contribution in [0.3, 0.4) is 0 Å². The highest BCUT2D eigenvalue weighted by molar-refractivity contribution is 5.94. The van der Waals surface area contributed by atoms with E-state index in [1.54, 1.807) is 24.5 Å². The molecule has 1 aromatic heterocycles. The second-order valence-electron chi connectivity index (χ2n) is 5.52. The summed E-state index contributed by atoms with van der Waals surface area (Å²) in [5.41, 5.74) is 0.649. The normalized spacial score (nSPS) is 17.8.